The molecule has 92 valence electrons. The van der Waals surface area contributed by atoms with E-state index < -0.39 is 11.8 Å². The average Bonchev–Trinajstić information content (AvgIpc) is 2.37. The predicted molar refractivity (Wildman–Crippen MR) is 60.9 cm³/mol. The summed E-state index contributed by atoms with van der Waals surface area (Å²) in [5.41, 5.74) is 4.54. The summed E-state index contributed by atoms with van der Waals surface area (Å²) in [6.07, 6.45) is 0. The first-order valence-electron chi connectivity index (χ1n) is 4.92. The van der Waals surface area contributed by atoms with E-state index >= 15 is 0 Å². The fourth-order valence-corrected chi connectivity index (χ4v) is 1.29. The Kier molecular flexibility index (Phi) is 4.44. The van der Waals surface area contributed by atoms with Crippen LogP contribution < -0.4 is 27.3 Å². The number of carbonyl (C=O) groups excluding carboxylic acids is 2. The van der Waals surface area contributed by atoms with Crippen LogP contribution in [0, 0.1) is 0 Å². The van der Waals surface area contributed by atoms with E-state index in [1.54, 1.807) is 6.92 Å². The van der Waals surface area contributed by atoms with Gasteiger partial charge in [0.25, 0.3) is 11.8 Å². The average molecular weight is 238 g/mol. The molecule has 6 N–H and O–H groups in total. The van der Waals surface area contributed by atoms with E-state index in [0.29, 0.717) is 12.2 Å². The maximum Gasteiger partial charge on any atom is 0.268 e. The highest BCUT2D eigenvalue weighted by molar-refractivity contribution is 5.99. The summed E-state index contributed by atoms with van der Waals surface area (Å²) in [7, 11) is 0. The van der Waals surface area contributed by atoms with Crippen molar-refractivity contribution in [3.63, 3.8) is 0 Å². The number of nitrogens with one attached hydrogen (secondary N) is 2. The monoisotopic (exact) mass is 238 g/mol. The molecule has 17 heavy (non-hydrogen) atoms. The zero-order valence-electron chi connectivity index (χ0n) is 9.32. The van der Waals surface area contributed by atoms with Gasteiger partial charge in [0.2, 0.25) is 0 Å². The number of amides is 2. The van der Waals surface area contributed by atoms with Crippen LogP contribution in [0.5, 0.6) is 5.75 Å². The van der Waals surface area contributed by atoms with E-state index in [1.807, 2.05) is 10.9 Å². The van der Waals surface area contributed by atoms with Crippen molar-refractivity contribution in [2.75, 3.05) is 6.61 Å². The normalized spacial score (nSPS) is 9.59. The zero-order valence-corrected chi connectivity index (χ0v) is 9.32. The number of hydrazine groups is 2. The summed E-state index contributed by atoms with van der Waals surface area (Å²) in [5, 5.41) is 0. The Morgan fingerprint density at radius 1 is 1.24 bits per heavy atom. The minimum atomic E-state index is -0.492. The second kappa shape index (κ2) is 5.83. The van der Waals surface area contributed by atoms with Crippen LogP contribution >= 0.6 is 0 Å². The first-order valence-corrected chi connectivity index (χ1v) is 4.92. The van der Waals surface area contributed by atoms with E-state index in [1.165, 1.54) is 18.2 Å². The van der Waals surface area contributed by atoms with E-state index in [4.69, 9.17) is 16.4 Å². The second-order valence-electron chi connectivity index (χ2n) is 3.09. The molecular formula is C10H14N4O3. The molecule has 0 saturated heterocycles. The second-order valence-corrected chi connectivity index (χ2v) is 3.09. The molecule has 0 atom stereocenters. The SMILES string of the molecule is CCOc1cc(C(=O)NN)ccc1C(=O)NN. The largest absolute Gasteiger partial charge is 0.493 e. The molecule has 7 heteroatoms. The van der Waals surface area contributed by atoms with Crippen molar-refractivity contribution in [2.45, 2.75) is 6.92 Å². The summed E-state index contributed by atoms with van der Waals surface area (Å²) in [5.74, 6) is 9.37. The smallest absolute Gasteiger partial charge is 0.268 e. The predicted octanol–water partition coefficient (Wildman–Crippen LogP) is -0.708. The van der Waals surface area contributed by atoms with Crippen LogP contribution in [0.4, 0.5) is 0 Å². The maximum atomic E-state index is 11.4. The molecule has 0 unspecified atom stereocenters. The highest BCUT2D eigenvalue weighted by Gasteiger charge is 2.14. The number of rotatable bonds is 4. The van der Waals surface area contributed by atoms with Crippen molar-refractivity contribution < 1.29 is 14.3 Å². The van der Waals surface area contributed by atoms with Gasteiger partial charge in [-0.2, -0.15) is 0 Å². The van der Waals surface area contributed by atoms with Crippen molar-refractivity contribution in [1.29, 1.82) is 0 Å². The Morgan fingerprint density at radius 3 is 2.41 bits per heavy atom. The van der Waals surface area contributed by atoms with Crippen LogP contribution in [0.25, 0.3) is 0 Å². The van der Waals surface area contributed by atoms with Crippen molar-refractivity contribution in [2.24, 2.45) is 11.7 Å². The number of nitrogens with two attached hydrogens (primary N) is 2. The van der Waals surface area contributed by atoms with E-state index in [-0.39, 0.29) is 11.3 Å². The van der Waals surface area contributed by atoms with E-state index in [2.05, 4.69) is 0 Å². The molecule has 0 aliphatic carbocycles. The van der Waals surface area contributed by atoms with Crippen LogP contribution in [-0.4, -0.2) is 18.4 Å². The Bertz CT molecular complexity index is 434. The maximum absolute atomic E-state index is 11.4. The third-order valence-corrected chi connectivity index (χ3v) is 2.05. The molecule has 1 aromatic carbocycles. The number of hydrogen-bond donors (Lipinski definition) is 4. The quantitative estimate of drug-likeness (QED) is 0.314. The van der Waals surface area contributed by atoms with Gasteiger partial charge in [-0.15, -0.1) is 0 Å². The number of carbonyl (C=O) groups is 2. The van der Waals surface area contributed by atoms with Crippen molar-refractivity contribution in [3.05, 3.63) is 29.3 Å². The molecule has 0 bridgehead atoms. The fraction of sp³-hybridized carbons (Fsp3) is 0.200. The molecule has 0 aliphatic heterocycles. The highest BCUT2D eigenvalue weighted by Crippen LogP contribution is 2.20. The van der Waals surface area contributed by atoms with E-state index in [0.717, 1.165) is 0 Å². The molecule has 0 spiro atoms. The molecule has 1 rings (SSSR count). The van der Waals surface area contributed by atoms with Crippen LogP contribution in [0.2, 0.25) is 0 Å². The lowest BCUT2D eigenvalue weighted by Crippen LogP contribution is -2.31. The minimum Gasteiger partial charge on any atom is -0.493 e. The van der Waals surface area contributed by atoms with Crippen molar-refractivity contribution in [3.8, 4) is 5.75 Å². The van der Waals surface area contributed by atoms with E-state index in [9.17, 15) is 9.59 Å². The Hall–Kier alpha value is -2.12. The lowest BCUT2D eigenvalue weighted by molar-refractivity contribution is 0.0938. The molecular weight excluding hydrogens is 224 g/mol. The summed E-state index contributed by atoms with van der Waals surface area (Å²) >= 11 is 0. The van der Waals surface area contributed by atoms with Gasteiger partial charge in [0.05, 0.1) is 12.2 Å². The Labute approximate surface area is 98.0 Å². The zero-order chi connectivity index (χ0) is 12.8. The lowest BCUT2D eigenvalue weighted by atomic mass is 10.1. The van der Waals surface area contributed by atoms with Crippen LogP contribution in [-0.2, 0) is 0 Å². The summed E-state index contributed by atoms with van der Waals surface area (Å²) in [6, 6.07) is 4.32. The van der Waals surface area contributed by atoms with Crippen molar-refractivity contribution in [1.82, 2.24) is 10.9 Å². The lowest BCUT2D eigenvalue weighted by Gasteiger charge is -2.10. The first-order chi connectivity index (χ1) is 8.13. The van der Waals surface area contributed by atoms with Gasteiger partial charge >= 0.3 is 0 Å². The Balaban J connectivity index is 3.16. The Morgan fingerprint density at radius 2 is 1.88 bits per heavy atom. The van der Waals surface area contributed by atoms with Crippen molar-refractivity contribution >= 4 is 11.8 Å². The molecule has 0 aliphatic rings. The van der Waals surface area contributed by atoms with Gasteiger partial charge in [-0.1, -0.05) is 0 Å². The standard InChI is InChI=1S/C10H14N4O3/c1-2-17-8-5-6(9(15)13-11)3-4-7(8)10(16)14-12/h3-5H,2,11-12H2,1H3,(H,13,15)(H,14,16). The highest BCUT2D eigenvalue weighted by atomic mass is 16.5. The number of hydrogen-bond acceptors (Lipinski definition) is 5. The fourth-order valence-electron chi connectivity index (χ4n) is 1.29. The van der Waals surface area contributed by atoms with Gasteiger partial charge in [0, 0.05) is 5.56 Å². The van der Waals surface area contributed by atoms with Gasteiger partial charge in [-0.25, -0.2) is 11.7 Å². The van der Waals surface area contributed by atoms with Gasteiger partial charge in [0.1, 0.15) is 5.75 Å². The number of benzene rings is 1. The number of nitrogen functional groups attached to an aromatic ring is 2. The molecule has 7 nitrogen and oxygen atoms in total. The van der Waals surface area contributed by atoms with Crippen LogP contribution in [0.3, 0.4) is 0 Å². The first kappa shape index (κ1) is 12.9. The van der Waals surface area contributed by atoms with Crippen LogP contribution in [0.15, 0.2) is 18.2 Å². The molecule has 0 radical (unpaired) electrons. The molecule has 0 fully saturated rings. The topological polar surface area (TPSA) is 119 Å². The van der Waals surface area contributed by atoms with Gasteiger partial charge in [-0.05, 0) is 25.1 Å². The molecule has 2 amide bonds. The third kappa shape index (κ3) is 2.92. The molecule has 0 heterocycles. The summed E-state index contributed by atoms with van der Waals surface area (Å²) < 4.78 is 5.26. The summed E-state index contributed by atoms with van der Waals surface area (Å²) in [6.45, 7) is 2.12. The number of ether oxygens (including phenoxy) is 1. The van der Waals surface area contributed by atoms with Gasteiger partial charge < -0.3 is 4.74 Å². The molecule has 0 saturated carbocycles. The molecule has 0 aromatic heterocycles. The third-order valence-electron chi connectivity index (χ3n) is 2.05. The summed E-state index contributed by atoms with van der Waals surface area (Å²) in [4.78, 5) is 22.7. The molecule has 1 aromatic rings. The van der Waals surface area contributed by atoms with Gasteiger partial charge in [-0.3, -0.25) is 20.4 Å². The van der Waals surface area contributed by atoms with Gasteiger partial charge in [0.15, 0.2) is 0 Å². The van der Waals surface area contributed by atoms with Crippen LogP contribution in [0.1, 0.15) is 27.6 Å². The minimum absolute atomic E-state index is 0.253.